The summed E-state index contributed by atoms with van der Waals surface area (Å²) >= 11 is 0. The van der Waals surface area contributed by atoms with Gasteiger partial charge in [0, 0.05) is 11.9 Å². The molecule has 2 aromatic heterocycles. The number of hydrogen-bond acceptors (Lipinski definition) is 2. The summed E-state index contributed by atoms with van der Waals surface area (Å²) in [7, 11) is 0. The van der Waals surface area contributed by atoms with Gasteiger partial charge < -0.3 is 15.7 Å². The number of nitrogen functional groups attached to an aromatic ring is 1. The molecule has 4 heteroatoms. The van der Waals surface area contributed by atoms with E-state index in [4.69, 9.17) is 5.73 Å². The molecule has 0 atom stereocenters. The molecule has 2 rings (SSSR count). The lowest BCUT2D eigenvalue weighted by atomic mass is 10.3. The van der Waals surface area contributed by atoms with E-state index in [1.807, 2.05) is 13.0 Å². The van der Waals surface area contributed by atoms with Crippen molar-refractivity contribution in [3.63, 3.8) is 0 Å². The summed E-state index contributed by atoms with van der Waals surface area (Å²) < 4.78 is 0. The van der Waals surface area contributed by atoms with E-state index >= 15 is 0 Å². The standard InChI is InChI=1S/C8H10N4/c1-5-10-4-8(12-5)7-2-6(9)3-11-7/h2-4,11H,9H2,1H3,(H,10,12). The van der Waals surface area contributed by atoms with Crippen molar-refractivity contribution in [1.82, 2.24) is 15.0 Å². The van der Waals surface area contributed by atoms with Crippen LogP contribution < -0.4 is 5.73 Å². The fraction of sp³-hybridized carbons (Fsp3) is 0.125. The predicted octanol–water partition coefficient (Wildman–Crippen LogP) is 1.30. The Labute approximate surface area is 69.8 Å². The first-order chi connectivity index (χ1) is 5.75. The smallest absolute Gasteiger partial charge is 0.103 e. The van der Waals surface area contributed by atoms with E-state index in [-0.39, 0.29) is 0 Å². The molecule has 2 aromatic rings. The second-order valence-corrected chi connectivity index (χ2v) is 2.73. The molecule has 0 aliphatic rings. The molecule has 0 aliphatic carbocycles. The molecule has 0 radical (unpaired) electrons. The van der Waals surface area contributed by atoms with Crippen molar-refractivity contribution < 1.29 is 0 Å². The molecule has 12 heavy (non-hydrogen) atoms. The van der Waals surface area contributed by atoms with Crippen LogP contribution in [-0.2, 0) is 0 Å². The van der Waals surface area contributed by atoms with Gasteiger partial charge in [-0.2, -0.15) is 0 Å². The molecule has 2 heterocycles. The van der Waals surface area contributed by atoms with Crippen LogP contribution in [0.1, 0.15) is 5.82 Å². The van der Waals surface area contributed by atoms with Gasteiger partial charge in [0.2, 0.25) is 0 Å². The molecule has 0 fully saturated rings. The first-order valence-corrected chi connectivity index (χ1v) is 3.71. The summed E-state index contributed by atoms with van der Waals surface area (Å²) in [4.78, 5) is 10.2. The highest BCUT2D eigenvalue weighted by molar-refractivity contribution is 5.59. The molecule has 0 unspecified atom stereocenters. The van der Waals surface area contributed by atoms with Crippen LogP contribution in [0.25, 0.3) is 11.4 Å². The van der Waals surface area contributed by atoms with Crippen LogP contribution in [-0.4, -0.2) is 15.0 Å². The Morgan fingerprint density at radius 1 is 1.42 bits per heavy atom. The first kappa shape index (κ1) is 6.97. The predicted molar refractivity (Wildman–Crippen MR) is 47.5 cm³/mol. The van der Waals surface area contributed by atoms with Gasteiger partial charge in [-0.15, -0.1) is 0 Å². The maximum Gasteiger partial charge on any atom is 0.103 e. The van der Waals surface area contributed by atoms with Crippen molar-refractivity contribution in [1.29, 1.82) is 0 Å². The zero-order valence-corrected chi connectivity index (χ0v) is 6.76. The van der Waals surface area contributed by atoms with Crippen molar-refractivity contribution in [3.8, 4) is 11.4 Å². The molecular formula is C8H10N4. The number of nitrogens with two attached hydrogens (primary N) is 1. The summed E-state index contributed by atoms with van der Waals surface area (Å²) in [6, 6.07) is 1.87. The third-order valence-electron chi connectivity index (χ3n) is 1.70. The minimum absolute atomic E-state index is 0.734. The number of rotatable bonds is 1. The average Bonchev–Trinajstić information content (AvgIpc) is 2.58. The summed E-state index contributed by atoms with van der Waals surface area (Å²) in [5, 5.41) is 0. The Morgan fingerprint density at radius 3 is 2.75 bits per heavy atom. The molecule has 0 amide bonds. The van der Waals surface area contributed by atoms with E-state index in [2.05, 4.69) is 15.0 Å². The van der Waals surface area contributed by atoms with Gasteiger partial charge in [-0.3, -0.25) is 0 Å². The first-order valence-electron chi connectivity index (χ1n) is 3.71. The number of aromatic nitrogens is 3. The van der Waals surface area contributed by atoms with Crippen LogP contribution in [0.15, 0.2) is 18.5 Å². The van der Waals surface area contributed by atoms with E-state index in [0.717, 1.165) is 22.9 Å². The number of nitrogens with zero attached hydrogens (tertiary/aromatic N) is 1. The normalized spacial score (nSPS) is 10.4. The Bertz CT molecular complexity index is 347. The molecule has 0 saturated heterocycles. The lowest BCUT2D eigenvalue weighted by Crippen LogP contribution is -1.77. The SMILES string of the molecule is Cc1ncc(-c2cc(N)c[nH]2)[nH]1. The maximum atomic E-state index is 5.56. The minimum atomic E-state index is 0.734. The average molecular weight is 162 g/mol. The van der Waals surface area contributed by atoms with E-state index in [1.165, 1.54) is 0 Å². The molecular weight excluding hydrogens is 152 g/mol. The van der Waals surface area contributed by atoms with Gasteiger partial charge in [0.15, 0.2) is 0 Å². The lowest BCUT2D eigenvalue weighted by molar-refractivity contribution is 1.15. The largest absolute Gasteiger partial charge is 0.397 e. The Hall–Kier alpha value is -1.71. The molecule has 0 saturated carbocycles. The molecule has 4 nitrogen and oxygen atoms in total. The summed E-state index contributed by atoms with van der Waals surface area (Å²) in [5.41, 5.74) is 8.22. The highest BCUT2D eigenvalue weighted by Gasteiger charge is 2.01. The number of anilines is 1. The van der Waals surface area contributed by atoms with Crippen LogP contribution in [0.2, 0.25) is 0 Å². The van der Waals surface area contributed by atoms with Crippen molar-refractivity contribution in [3.05, 3.63) is 24.3 Å². The maximum absolute atomic E-state index is 5.56. The highest BCUT2D eigenvalue weighted by Crippen LogP contribution is 2.17. The molecule has 62 valence electrons. The number of nitrogens with one attached hydrogen (secondary N) is 2. The second kappa shape index (κ2) is 2.41. The zero-order valence-electron chi connectivity index (χ0n) is 6.76. The van der Waals surface area contributed by atoms with Gasteiger partial charge in [0.05, 0.1) is 17.6 Å². The third-order valence-corrected chi connectivity index (χ3v) is 1.70. The number of aromatic amines is 2. The molecule has 0 aromatic carbocycles. The summed E-state index contributed by atoms with van der Waals surface area (Å²) in [5.74, 6) is 0.901. The van der Waals surface area contributed by atoms with Gasteiger partial charge in [-0.1, -0.05) is 0 Å². The van der Waals surface area contributed by atoms with Crippen molar-refractivity contribution in [2.75, 3.05) is 5.73 Å². The van der Waals surface area contributed by atoms with Crippen LogP contribution in [0, 0.1) is 6.92 Å². The van der Waals surface area contributed by atoms with Crippen LogP contribution >= 0.6 is 0 Å². The van der Waals surface area contributed by atoms with E-state index in [9.17, 15) is 0 Å². The Kier molecular flexibility index (Phi) is 1.40. The molecule has 4 N–H and O–H groups in total. The van der Waals surface area contributed by atoms with E-state index in [0.29, 0.717) is 0 Å². The lowest BCUT2D eigenvalue weighted by Gasteiger charge is -1.88. The van der Waals surface area contributed by atoms with Crippen LogP contribution in [0.3, 0.4) is 0 Å². The van der Waals surface area contributed by atoms with Gasteiger partial charge in [0.25, 0.3) is 0 Å². The van der Waals surface area contributed by atoms with Gasteiger partial charge in [-0.25, -0.2) is 4.98 Å². The van der Waals surface area contributed by atoms with Crippen molar-refractivity contribution in [2.24, 2.45) is 0 Å². The number of H-pyrrole nitrogens is 2. The van der Waals surface area contributed by atoms with Crippen molar-refractivity contribution >= 4 is 5.69 Å². The number of imidazole rings is 1. The van der Waals surface area contributed by atoms with Gasteiger partial charge in [-0.05, 0) is 13.0 Å². The summed E-state index contributed by atoms with van der Waals surface area (Å²) in [6.07, 6.45) is 3.53. The molecule has 0 bridgehead atoms. The quantitative estimate of drug-likeness (QED) is 0.591. The monoisotopic (exact) mass is 162 g/mol. The number of hydrogen-bond donors (Lipinski definition) is 3. The highest BCUT2D eigenvalue weighted by atomic mass is 14.9. The molecule has 0 aliphatic heterocycles. The van der Waals surface area contributed by atoms with Gasteiger partial charge >= 0.3 is 0 Å². The van der Waals surface area contributed by atoms with E-state index < -0.39 is 0 Å². The minimum Gasteiger partial charge on any atom is -0.397 e. The van der Waals surface area contributed by atoms with E-state index in [1.54, 1.807) is 12.4 Å². The second-order valence-electron chi connectivity index (χ2n) is 2.73. The number of aryl methyl sites for hydroxylation is 1. The van der Waals surface area contributed by atoms with Crippen LogP contribution in [0.5, 0.6) is 0 Å². The fourth-order valence-corrected chi connectivity index (χ4v) is 1.12. The molecule has 0 spiro atoms. The zero-order chi connectivity index (χ0) is 8.55. The topological polar surface area (TPSA) is 70.5 Å². The Morgan fingerprint density at radius 2 is 2.25 bits per heavy atom. The Balaban J connectivity index is 2.43. The summed E-state index contributed by atoms with van der Waals surface area (Å²) in [6.45, 7) is 1.91. The van der Waals surface area contributed by atoms with Gasteiger partial charge in [0.1, 0.15) is 5.82 Å². The van der Waals surface area contributed by atoms with Crippen LogP contribution in [0.4, 0.5) is 5.69 Å². The fourth-order valence-electron chi connectivity index (χ4n) is 1.12. The van der Waals surface area contributed by atoms with Crippen molar-refractivity contribution in [2.45, 2.75) is 6.92 Å². The third kappa shape index (κ3) is 1.07.